The summed E-state index contributed by atoms with van der Waals surface area (Å²) in [5, 5.41) is 0. The van der Waals surface area contributed by atoms with E-state index in [0.717, 1.165) is 11.4 Å². The van der Waals surface area contributed by atoms with Gasteiger partial charge in [0, 0.05) is 0 Å². The third kappa shape index (κ3) is 1.37. The van der Waals surface area contributed by atoms with Crippen molar-refractivity contribution in [3.63, 3.8) is 0 Å². The summed E-state index contributed by atoms with van der Waals surface area (Å²) in [5.74, 6) is 0.697. The smallest absolute Gasteiger partial charge is 0.165 e. The number of nitrogens with zero attached hydrogens (tertiary/aromatic N) is 2. The summed E-state index contributed by atoms with van der Waals surface area (Å²) in [7, 11) is 1.60. The van der Waals surface area contributed by atoms with E-state index in [9.17, 15) is 0 Å². The van der Waals surface area contributed by atoms with Crippen molar-refractivity contribution in [2.75, 3.05) is 7.11 Å². The zero-order valence-electron chi connectivity index (χ0n) is 6.66. The monoisotopic (exact) mass is 150 g/mol. The maximum Gasteiger partial charge on any atom is 0.165 e. The predicted octanol–water partition coefficient (Wildman–Crippen LogP) is 1.44. The second-order valence-corrected chi connectivity index (χ2v) is 2.08. The van der Waals surface area contributed by atoms with Gasteiger partial charge < -0.3 is 4.74 Å². The van der Waals surface area contributed by atoms with Gasteiger partial charge in [0.25, 0.3) is 0 Å². The SMILES string of the molecule is C=Cc1ncnc(C)c1OC. The quantitative estimate of drug-likeness (QED) is 0.639. The molecule has 0 saturated heterocycles. The Morgan fingerprint density at radius 3 is 2.73 bits per heavy atom. The van der Waals surface area contributed by atoms with Crippen molar-refractivity contribution < 1.29 is 4.74 Å². The fourth-order valence-corrected chi connectivity index (χ4v) is 0.878. The molecule has 0 spiro atoms. The van der Waals surface area contributed by atoms with Crippen molar-refractivity contribution >= 4 is 6.08 Å². The standard InChI is InChI=1S/C8H10N2O/c1-4-7-8(11-3)6(2)9-5-10-7/h4-5H,1H2,2-3H3. The Bertz CT molecular complexity index is 271. The van der Waals surface area contributed by atoms with Gasteiger partial charge in [-0.05, 0) is 13.0 Å². The number of aryl methyl sites for hydroxylation is 1. The Hall–Kier alpha value is -1.38. The molecule has 58 valence electrons. The third-order valence-corrected chi connectivity index (χ3v) is 1.41. The number of aromatic nitrogens is 2. The van der Waals surface area contributed by atoms with E-state index in [4.69, 9.17) is 4.74 Å². The summed E-state index contributed by atoms with van der Waals surface area (Å²) in [4.78, 5) is 7.95. The number of methoxy groups -OCH3 is 1. The van der Waals surface area contributed by atoms with E-state index in [1.54, 1.807) is 13.2 Å². The minimum absolute atomic E-state index is 0.697. The summed E-state index contributed by atoms with van der Waals surface area (Å²) in [6.45, 7) is 5.48. The first kappa shape index (κ1) is 7.72. The van der Waals surface area contributed by atoms with E-state index >= 15 is 0 Å². The van der Waals surface area contributed by atoms with Crippen LogP contribution in [0, 0.1) is 6.92 Å². The lowest BCUT2D eigenvalue weighted by molar-refractivity contribution is 0.405. The van der Waals surface area contributed by atoms with Gasteiger partial charge in [0.05, 0.1) is 12.8 Å². The Morgan fingerprint density at radius 1 is 1.55 bits per heavy atom. The fraction of sp³-hybridized carbons (Fsp3) is 0.250. The Kier molecular flexibility index (Phi) is 2.21. The van der Waals surface area contributed by atoms with Crippen LogP contribution in [-0.2, 0) is 0 Å². The molecule has 11 heavy (non-hydrogen) atoms. The molecule has 0 unspecified atom stereocenters. The molecule has 0 amide bonds. The molecule has 0 aliphatic rings. The van der Waals surface area contributed by atoms with Gasteiger partial charge in [-0.25, -0.2) is 9.97 Å². The molecular weight excluding hydrogens is 140 g/mol. The summed E-state index contributed by atoms with van der Waals surface area (Å²) in [6, 6.07) is 0. The van der Waals surface area contributed by atoms with Crippen LogP contribution in [-0.4, -0.2) is 17.1 Å². The summed E-state index contributed by atoms with van der Waals surface area (Å²) in [6.07, 6.45) is 3.14. The molecule has 0 saturated carbocycles. The number of rotatable bonds is 2. The van der Waals surface area contributed by atoms with Crippen molar-refractivity contribution in [1.82, 2.24) is 9.97 Å². The number of ether oxygens (including phenoxy) is 1. The topological polar surface area (TPSA) is 35.0 Å². The average Bonchev–Trinajstić information content (AvgIpc) is 2.04. The summed E-state index contributed by atoms with van der Waals surface area (Å²) >= 11 is 0. The third-order valence-electron chi connectivity index (χ3n) is 1.41. The van der Waals surface area contributed by atoms with Crippen LogP contribution in [0.3, 0.4) is 0 Å². The van der Waals surface area contributed by atoms with E-state index in [1.165, 1.54) is 6.33 Å². The summed E-state index contributed by atoms with van der Waals surface area (Å²) < 4.78 is 5.07. The first-order valence-electron chi connectivity index (χ1n) is 3.27. The molecule has 0 N–H and O–H groups in total. The van der Waals surface area contributed by atoms with Crippen molar-refractivity contribution in [1.29, 1.82) is 0 Å². The molecule has 0 radical (unpaired) electrons. The van der Waals surface area contributed by atoms with Crippen LogP contribution >= 0.6 is 0 Å². The zero-order chi connectivity index (χ0) is 8.27. The zero-order valence-corrected chi connectivity index (χ0v) is 6.66. The van der Waals surface area contributed by atoms with E-state index in [-0.39, 0.29) is 0 Å². The van der Waals surface area contributed by atoms with Crippen LogP contribution in [0.25, 0.3) is 6.08 Å². The molecule has 0 aliphatic heterocycles. The second-order valence-electron chi connectivity index (χ2n) is 2.08. The van der Waals surface area contributed by atoms with Crippen molar-refractivity contribution in [3.05, 3.63) is 24.3 Å². The van der Waals surface area contributed by atoms with E-state index in [1.807, 2.05) is 6.92 Å². The Balaban J connectivity index is 3.23. The molecular formula is C8H10N2O. The first-order valence-corrected chi connectivity index (χ1v) is 3.27. The lowest BCUT2D eigenvalue weighted by Crippen LogP contribution is -1.95. The highest BCUT2D eigenvalue weighted by atomic mass is 16.5. The maximum atomic E-state index is 5.07. The van der Waals surface area contributed by atoms with Gasteiger partial charge in [-0.1, -0.05) is 6.58 Å². The van der Waals surface area contributed by atoms with Crippen LogP contribution in [0.4, 0.5) is 0 Å². The molecule has 1 aromatic heterocycles. The Morgan fingerprint density at radius 2 is 2.27 bits per heavy atom. The lowest BCUT2D eigenvalue weighted by atomic mass is 10.3. The second kappa shape index (κ2) is 3.14. The molecule has 0 bridgehead atoms. The normalized spacial score (nSPS) is 9.27. The van der Waals surface area contributed by atoms with Gasteiger partial charge in [-0.3, -0.25) is 0 Å². The van der Waals surface area contributed by atoms with Crippen LogP contribution in [0.5, 0.6) is 5.75 Å². The van der Waals surface area contributed by atoms with Crippen LogP contribution in [0.1, 0.15) is 11.4 Å². The molecule has 3 heteroatoms. The minimum atomic E-state index is 0.697. The van der Waals surface area contributed by atoms with Crippen molar-refractivity contribution in [2.45, 2.75) is 6.92 Å². The number of hydrogen-bond donors (Lipinski definition) is 0. The predicted molar refractivity (Wildman–Crippen MR) is 43.4 cm³/mol. The summed E-state index contributed by atoms with van der Waals surface area (Å²) in [5.41, 5.74) is 1.57. The lowest BCUT2D eigenvalue weighted by Gasteiger charge is -2.04. The van der Waals surface area contributed by atoms with Crippen molar-refractivity contribution in [2.24, 2.45) is 0 Å². The van der Waals surface area contributed by atoms with E-state index in [0.29, 0.717) is 5.75 Å². The molecule has 0 fully saturated rings. The molecule has 1 heterocycles. The molecule has 0 aliphatic carbocycles. The van der Waals surface area contributed by atoms with Crippen LogP contribution in [0.15, 0.2) is 12.9 Å². The Labute approximate surface area is 65.8 Å². The minimum Gasteiger partial charge on any atom is -0.493 e. The number of hydrogen-bond acceptors (Lipinski definition) is 3. The van der Waals surface area contributed by atoms with Gasteiger partial charge >= 0.3 is 0 Å². The molecule has 3 nitrogen and oxygen atoms in total. The van der Waals surface area contributed by atoms with Crippen molar-refractivity contribution in [3.8, 4) is 5.75 Å². The van der Waals surface area contributed by atoms with Gasteiger partial charge in [-0.15, -0.1) is 0 Å². The fourth-order valence-electron chi connectivity index (χ4n) is 0.878. The highest BCUT2D eigenvalue weighted by molar-refractivity contribution is 5.51. The first-order chi connectivity index (χ1) is 5.29. The molecule has 1 rings (SSSR count). The highest BCUT2D eigenvalue weighted by Gasteiger charge is 2.03. The van der Waals surface area contributed by atoms with Crippen LogP contribution < -0.4 is 4.74 Å². The molecule has 0 atom stereocenters. The molecule has 0 aromatic carbocycles. The maximum absolute atomic E-state index is 5.07. The average molecular weight is 150 g/mol. The van der Waals surface area contributed by atoms with E-state index in [2.05, 4.69) is 16.5 Å². The van der Waals surface area contributed by atoms with Crippen LogP contribution in [0.2, 0.25) is 0 Å². The van der Waals surface area contributed by atoms with E-state index < -0.39 is 0 Å². The van der Waals surface area contributed by atoms with Gasteiger partial charge in [-0.2, -0.15) is 0 Å². The largest absolute Gasteiger partial charge is 0.493 e. The highest BCUT2D eigenvalue weighted by Crippen LogP contribution is 2.18. The van der Waals surface area contributed by atoms with Gasteiger partial charge in [0.2, 0.25) is 0 Å². The molecule has 1 aromatic rings. The van der Waals surface area contributed by atoms with Gasteiger partial charge in [0.15, 0.2) is 5.75 Å². The van der Waals surface area contributed by atoms with Gasteiger partial charge in [0.1, 0.15) is 12.0 Å².